The van der Waals surface area contributed by atoms with Crippen LogP contribution in [0.1, 0.15) is 43.7 Å². The third-order valence-electron chi connectivity index (χ3n) is 4.90. The van der Waals surface area contributed by atoms with E-state index in [-0.39, 0.29) is 0 Å². The number of fused-ring (bicyclic) bond motifs is 2. The SMILES string of the molecule is Clc1ccc([C@@H](N[C@@H]2C[C@H]3CC[C@H]2O3)C2CC2)cc1Cl. The first kappa shape index (κ1) is 13.4. The van der Waals surface area contributed by atoms with E-state index in [4.69, 9.17) is 27.9 Å². The van der Waals surface area contributed by atoms with Crippen molar-refractivity contribution in [1.29, 1.82) is 0 Å². The van der Waals surface area contributed by atoms with E-state index >= 15 is 0 Å². The first-order valence-corrected chi connectivity index (χ1v) is 8.33. The normalized spacial score (nSPS) is 33.6. The molecule has 3 fully saturated rings. The van der Waals surface area contributed by atoms with Crippen molar-refractivity contribution in [2.24, 2.45) is 5.92 Å². The molecule has 2 nitrogen and oxygen atoms in total. The molecule has 0 spiro atoms. The maximum Gasteiger partial charge on any atom is 0.0733 e. The van der Waals surface area contributed by atoms with Gasteiger partial charge in [0.15, 0.2) is 0 Å². The minimum atomic E-state index is 0.401. The molecule has 1 aromatic carbocycles. The quantitative estimate of drug-likeness (QED) is 0.892. The van der Waals surface area contributed by atoms with Crippen molar-refractivity contribution in [2.45, 2.75) is 56.4 Å². The number of halogens is 2. The molecule has 1 aromatic rings. The molecule has 108 valence electrons. The van der Waals surface area contributed by atoms with Gasteiger partial charge in [-0.2, -0.15) is 0 Å². The number of ether oxygens (including phenoxy) is 1. The van der Waals surface area contributed by atoms with Crippen molar-refractivity contribution in [2.75, 3.05) is 0 Å². The number of rotatable bonds is 4. The van der Waals surface area contributed by atoms with Gasteiger partial charge in [-0.05, 0) is 55.7 Å². The zero-order chi connectivity index (χ0) is 13.7. The van der Waals surface area contributed by atoms with Gasteiger partial charge in [-0.25, -0.2) is 0 Å². The number of benzene rings is 1. The zero-order valence-corrected chi connectivity index (χ0v) is 12.8. The van der Waals surface area contributed by atoms with Gasteiger partial charge in [-0.15, -0.1) is 0 Å². The van der Waals surface area contributed by atoms with Gasteiger partial charge >= 0.3 is 0 Å². The summed E-state index contributed by atoms with van der Waals surface area (Å²) in [6.07, 6.45) is 7.13. The van der Waals surface area contributed by atoms with Gasteiger partial charge in [-0.1, -0.05) is 29.3 Å². The molecule has 0 amide bonds. The van der Waals surface area contributed by atoms with Crippen LogP contribution in [-0.4, -0.2) is 18.2 Å². The summed E-state index contributed by atoms with van der Waals surface area (Å²) in [7, 11) is 0. The van der Waals surface area contributed by atoms with Crippen molar-refractivity contribution in [3.63, 3.8) is 0 Å². The molecule has 2 aliphatic heterocycles. The van der Waals surface area contributed by atoms with Crippen LogP contribution >= 0.6 is 23.2 Å². The molecule has 4 atom stereocenters. The predicted octanol–water partition coefficient (Wildman–Crippen LogP) is 4.35. The van der Waals surface area contributed by atoms with Gasteiger partial charge in [0.25, 0.3) is 0 Å². The molecule has 0 radical (unpaired) electrons. The van der Waals surface area contributed by atoms with Gasteiger partial charge in [0, 0.05) is 12.1 Å². The average Bonchev–Trinajstić information content (AvgIpc) is 3.07. The molecular formula is C16H19Cl2NO. The highest BCUT2D eigenvalue weighted by Crippen LogP contribution is 2.44. The minimum Gasteiger partial charge on any atom is -0.373 e. The molecule has 1 aliphatic carbocycles. The van der Waals surface area contributed by atoms with Crippen LogP contribution in [0.2, 0.25) is 10.0 Å². The predicted molar refractivity (Wildman–Crippen MR) is 81.4 cm³/mol. The Bertz CT molecular complexity index is 517. The van der Waals surface area contributed by atoms with Gasteiger partial charge in [0.2, 0.25) is 0 Å². The second kappa shape index (κ2) is 5.17. The third-order valence-corrected chi connectivity index (χ3v) is 5.63. The molecule has 4 rings (SSSR count). The fourth-order valence-corrected chi connectivity index (χ4v) is 3.99. The Kier molecular flexibility index (Phi) is 3.46. The summed E-state index contributed by atoms with van der Waals surface area (Å²) in [4.78, 5) is 0. The van der Waals surface area contributed by atoms with E-state index in [1.165, 1.54) is 31.2 Å². The summed E-state index contributed by atoms with van der Waals surface area (Å²) >= 11 is 12.2. The summed E-state index contributed by atoms with van der Waals surface area (Å²) in [5.41, 5.74) is 1.27. The topological polar surface area (TPSA) is 21.3 Å². The molecule has 0 aromatic heterocycles. The Morgan fingerprint density at radius 1 is 1.10 bits per heavy atom. The molecule has 1 saturated carbocycles. The van der Waals surface area contributed by atoms with Gasteiger partial charge in [0.1, 0.15) is 0 Å². The molecule has 0 unspecified atom stereocenters. The number of hydrogen-bond acceptors (Lipinski definition) is 2. The largest absolute Gasteiger partial charge is 0.373 e. The number of nitrogens with one attached hydrogen (secondary N) is 1. The Hall–Kier alpha value is -0.280. The van der Waals surface area contributed by atoms with Crippen LogP contribution in [0, 0.1) is 5.92 Å². The fraction of sp³-hybridized carbons (Fsp3) is 0.625. The summed E-state index contributed by atoms with van der Waals surface area (Å²) in [5.74, 6) is 0.742. The van der Waals surface area contributed by atoms with Crippen LogP contribution in [0.15, 0.2) is 18.2 Å². The monoisotopic (exact) mass is 311 g/mol. The fourth-order valence-electron chi connectivity index (χ4n) is 3.68. The maximum atomic E-state index is 6.18. The van der Waals surface area contributed by atoms with Crippen molar-refractivity contribution in [3.8, 4) is 0 Å². The number of hydrogen-bond donors (Lipinski definition) is 1. The van der Waals surface area contributed by atoms with E-state index in [0.717, 1.165) is 12.3 Å². The minimum absolute atomic E-state index is 0.401. The van der Waals surface area contributed by atoms with Gasteiger partial charge < -0.3 is 10.1 Å². The molecule has 1 N–H and O–H groups in total. The lowest BCUT2D eigenvalue weighted by atomic mass is 9.93. The van der Waals surface area contributed by atoms with Crippen LogP contribution in [0.5, 0.6) is 0 Å². The maximum absolute atomic E-state index is 6.18. The Morgan fingerprint density at radius 3 is 2.55 bits per heavy atom. The van der Waals surface area contributed by atoms with Gasteiger partial charge in [-0.3, -0.25) is 0 Å². The Balaban J connectivity index is 1.53. The second-order valence-electron chi connectivity index (χ2n) is 6.37. The van der Waals surface area contributed by atoms with Crippen molar-refractivity contribution >= 4 is 23.2 Å². The average molecular weight is 312 g/mol. The van der Waals surface area contributed by atoms with Crippen LogP contribution in [0.3, 0.4) is 0 Å². The van der Waals surface area contributed by atoms with Crippen molar-refractivity contribution < 1.29 is 4.74 Å². The highest BCUT2D eigenvalue weighted by Gasteiger charge is 2.43. The Labute approximate surface area is 129 Å². The molecule has 4 heteroatoms. The van der Waals surface area contributed by atoms with Crippen LogP contribution in [0.25, 0.3) is 0 Å². The van der Waals surface area contributed by atoms with E-state index < -0.39 is 0 Å². The van der Waals surface area contributed by atoms with Crippen LogP contribution in [-0.2, 0) is 4.74 Å². The molecule has 2 saturated heterocycles. The standard InChI is InChI=1S/C16H19Cl2NO/c17-12-5-3-10(7-13(12)18)16(9-1-2-9)19-14-8-11-4-6-15(14)20-11/h3,5,7,9,11,14-16,19H,1-2,4,6,8H2/t11-,14-,15-,16+/m1/s1. The first-order chi connectivity index (χ1) is 9.70. The summed E-state index contributed by atoms with van der Waals surface area (Å²) in [6, 6.07) is 6.95. The molecule has 20 heavy (non-hydrogen) atoms. The summed E-state index contributed by atoms with van der Waals surface area (Å²) in [6.45, 7) is 0. The Morgan fingerprint density at radius 2 is 1.95 bits per heavy atom. The van der Waals surface area contributed by atoms with Crippen molar-refractivity contribution in [1.82, 2.24) is 5.32 Å². The van der Waals surface area contributed by atoms with E-state index in [1.54, 1.807) is 0 Å². The summed E-state index contributed by atoms with van der Waals surface area (Å²) in [5, 5.41) is 5.13. The van der Waals surface area contributed by atoms with Crippen LogP contribution in [0.4, 0.5) is 0 Å². The van der Waals surface area contributed by atoms with Gasteiger partial charge in [0.05, 0.1) is 22.3 Å². The zero-order valence-electron chi connectivity index (χ0n) is 11.3. The third kappa shape index (κ3) is 2.48. The van der Waals surface area contributed by atoms with Crippen LogP contribution < -0.4 is 5.32 Å². The van der Waals surface area contributed by atoms with E-state index in [9.17, 15) is 0 Å². The highest BCUT2D eigenvalue weighted by atomic mass is 35.5. The summed E-state index contributed by atoms with van der Waals surface area (Å²) < 4.78 is 5.95. The lowest BCUT2D eigenvalue weighted by Gasteiger charge is -2.27. The molecular weight excluding hydrogens is 293 g/mol. The molecule has 3 aliphatic rings. The lowest BCUT2D eigenvalue weighted by molar-refractivity contribution is 0.0955. The van der Waals surface area contributed by atoms with Crippen molar-refractivity contribution in [3.05, 3.63) is 33.8 Å². The highest BCUT2D eigenvalue weighted by molar-refractivity contribution is 6.42. The second-order valence-corrected chi connectivity index (χ2v) is 7.19. The van der Waals surface area contributed by atoms with E-state index in [0.29, 0.717) is 34.3 Å². The lowest BCUT2D eigenvalue weighted by Crippen LogP contribution is -2.40. The first-order valence-electron chi connectivity index (χ1n) is 7.57. The molecule has 2 bridgehead atoms. The molecule has 2 heterocycles. The smallest absolute Gasteiger partial charge is 0.0733 e. The van der Waals surface area contributed by atoms with E-state index in [2.05, 4.69) is 11.4 Å². The van der Waals surface area contributed by atoms with E-state index in [1.807, 2.05) is 12.1 Å².